The fraction of sp³-hybridized carbons (Fsp3) is 0.421. The lowest BCUT2D eigenvalue weighted by molar-refractivity contribution is -0.147. The Balaban J connectivity index is 2.00. The number of thiocarbonyl (C=S) groups is 1. The number of nitrogens with zero attached hydrogens (tertiary/aromatic N) is 1. The van der Waals surface area contributed by atoms with Crippen molar-refractivity contribution in [2.24, 2.45) is 5.92 Å². The summed E-state index contributed by atoms with van der Waals surface area (Å²) < 4.78 is 11.0. The Morgan fingerprint density at radius 3 is 2.62 bits per heavy atom. The number of carbonyl (C=O) groups excluding carboxylic acids is 2. The van der Waals surface area contributed by atoms with E-state index in [4.69, 9.17) is 21.7 Å². The zero-order chi connectivity index (χ0) is 19.1. The molecule has 1 aromatic carbocycles. The molecule has 1 saturated heterocycles. The number of amides is 1. The van der Waals surface area contributed by atoms with Gasteiger partial charge in [0.05, 0.1) is 18.1 Å². The maximum atomic E-state index is 12.5. The molecule has 0 N–H and O–H groups in total. The van der Waals surface area contributed by atoms with Gasteiger partial charge in [0.15, 0.2) is 0 Å². The molecule has 0 atom stereocenters. The summed E-state index contributed by atoms with van der Waals surface area (Å²) in [6.45, 7) is 6.80. The van der Waals surface area contributed by atoms with Crippen molar-refractivity contribution in [1.82, 2.24) is 4.90 Å². The highest BCUT2D eigenvalue weighted by molar-refractivity contribution is 8.26. The maximum Gasteiger partial charge on any atom is 0.326 e. The predicted octanol–water partition coefficient (Wildman–Crippen LogP) is 3.88. The molecule has 7 heteroatoms. The number of hydrogen-bond acceptors (Lipinski definition) is 6. The first-order valence-corrected chi connectivity index (χ1v) is 9.77. The molecular weight excluding hydrogens is 370 g/mol. The fourth-order valence-electron chi connectivity index (χ4n) is 2.10. The molecule has 1 aliphatic heterocycles. The largest absolute Gasteiger partial charge is 0.494 e. The molecule has 1 aromatic rings. The van der Waals surface area contributed by atoms with E-state index < -0.39 is 5.97 Å². The first-order chi connectivity index (χ1) is 12.4. The number of benzene rings is 1. The van der Waals surface area contributed by atoms with Crippen molar-refractivity contribution in [2.45, 2.75) is 27.2 Å². The van der Waals surface area contributed by atoms with Gasteiger partial charge in [0, 0.05) is 0 Å². The number of thioether (sulfide) groups is 1. The highest BCUT2D eigenvalue weighted by Gasteiger charge is 2.33. The van der Waals surface area contributed by atoms with E-state index in [-0.39, 0.29) is 18.4 Å². The van der Waals surface area contributed by atoms with Crippen LogP contribution in [0.25, 0.3) is 6.08 Å². The Bertz CT molecular complexity index is 698. The Hall–Kier alpha value is -1.86. The summed E-state index contributed by atoms with van der Waals surface area (Å²) in [7, 11) is 0. The van der Waals surface area contributed by atoms with Crippen LogP contribution < -0.4 is 4.74 Å². The smallest absolute Gasteiger partial charge is 0.326 e. The number of ether oxygens (including phenoxy) is 2. The van der Waals surface area contributed by atoms with Gasteiger partial charge in [-0.1, -0.05) is 56.9 Å². The Morgan fingerprint density at radius 2 is 2.00 bits per heavy atom. The third-order valence-electron chi connectivity index (χ3n) is 3.39. The first-order valence-electron chi connectivity index (χ1n) is 8.54. The molecule has 5 nitrogen and oxygen atoms in total. The van der Waals surface area contributed by atoms with Crippen molar-refractivity contribution in [3.8, 4) is 5.75 Å². The number of carbonyl (C=O) groups is 2. The van der Waals surface area contributed by atoms with Crippen LogP contribution in [-0.2, 0) is 14.3 Å². The van der Waals surface area contributed by atoms with E-state index in [1.807, 2.05) is 38.1 Å². The molecule has 2 rings (SSSR count). The molecule has 26 heavy (non-hydrogen) atoms. The van der Waals surface area contributed by atoms with E-state index in [0.29, 0.717) is 22.4 Å². The minimum atomic E-state index is -0.450. The normalized spacial score (nSPS) is 15.8. The van der Waals surface area contributed by atoms with E-state index >= 15 is 0 Å². The van der Waals surface area contributed by atoms with Gasteiger partial charge < -0.3 is 9.47 Å². The maximum absolute atomic E-state index is 12.5. The molecule has 0 aliphatic carbocycles. The minimum absolute atomic E-state index is 0.154. The molecule has 0 aromatic heterocycles. The predicted molar refractivity (Wildman–Crippen MR) is 108 cm³/mol. The lowest BCUT2D eigenvalue weighted by Gasteiger charge is -2.14. The molecule has 140 valence electrons. The van der Waals surface area contributed by atoms with Crippen molar-refractivity contribution >= 4 is 46.3 Å². The molecule has 0 bridgehead atoms. The van der Waals surface area contributed by atoms with Crippen molar-refractivity contribution < 1.29 is 19.1 Å². The minimum Gasteiger partial charge on any atom is -0.494 e. The zero-order valence-electron chi connectivity index (χ0n) is 15.2. The van der Waals surface area contributed by atoms with Crippen LogP contribution in [0, 0.1) is 5.92 Å². The highest BCUT2D eigenvalue weighted by atomic mass is 32.2. The standard InChI is InChI=1S/C19H23NO4S2/c1-4-9-23-15-7-5-14(6-8-15)10-16-18(22)20(19(25)26-16)11-17(21)24-12-13(2)3/h5-8,10,13H,4,9,11-12H2,1-3H3/b16-10-. The summed E-state index contributed by atoms with van der Waals surface area (Å²) in [5.74, 6) is 0.320. The quantitative estimate of drug-likeness (QED) is 0.380. The van der Waals surface area contributed by atoms with Crippen LogP contribution >= 0.6 is 24.0 Å². The Kier molecular flexibility index (Phi) is 7.66. The number of rotatable bonds is 8. The second-order valence-electron chi connectivity index (χ2n) is 6.26. The molecule has 1 fully saturated rings. The van der Waals surface area contributed by atoms with Crippen molar-refractivity contribution in [3.05, 3.63) is 34.7 Å². The molecule has 0 spiro atoms. The number of esters is 1. The van der Waals surface area contributed by atoms with Gasteiger partial charge in [0.1, 0.15) is 16.6 Å². The second-order valence-corrected chi connectivity index (χ2v) is 7.94. The third kappa shape index (κ3) is 5.85. The van der Waals surface area contributed by atoms with Crippen molar-refractivity contribution in [1.29, 1.82) is 0 Å². The van der Waals surface area contributed by atoms with Crippen LogP contribution in [0.15, 0.2) is 29.2 Å². The van der Waals surface area contributed by atoms with Crippen molar-refractivity contribution in [2.75, 3.05) is 19.8 Å². The molecule has 1 aliphatic rings. The van der Waals surface area contributed by atoms with E-state index in [0.717, 1.165) is 17.7 Å². The summed E-state index contributed by atoms with van der Waals surface area (Å²) in [5.41, 5.74) is 0.872. The SMILES string of the molecule is CCCOc1ccc(/C=C2\SC(=S)N(CC(=O)OCC(C)C)C2=O)cc1. The fourth-order valence-corrected chi connectivity index (χ4v) is 3.36. The van der Waals surface area contributed by atoms with Gasteiger partial charge in [0.25, 0.3) is 5.91 Å². The van der Waals surface area contributed by atoms with E-state index in [9.17, 15) is 9.59 Å². The van der Waals surface area contributed by atoms with E-state index in [1.165, 1.54) is 16.7 Å². The molecule has 1 heterocycles. The zero-order valence-corrected chi connectivity index (χ0v) is 16.8. The van der Waals surface area contributed by atoms with Gasteiger partial charge >= 0.3 is 5.97 Å². The average molecular weight is 394 g/mol. The average Bonchev–Trinajstić information content (AvgIpc) is 2.87. The van der Waals surface area contributed by atoms with Gasteiger partial charge in [-0.2, -0.15) is 0 Å². The molecule has 0 saturated carbocycles. The molecule has 0 unspecified atom stereocenters. The van der Waals surface area contributed by atoms with Crippen LogP contribution in [-0.4, -0.2) is 40.9 Å². The third-order valence-corrected chi connectivity index (χ3v) is 4.77. The Labute approximate surface area is 163 Å². The lowest BCUT2D eigenvalue weighted by Crippen LogP contribution is -2.34. The summed E-state index contributed by atoms with van der Waals surface area (Å²) >= 11 is 6.42. The summed E-state index contributed by atoms with van der Waals surface area (Å²) in [4.78, 5) is 26.2. The summed E-state index contributed by atoms with van der Waals surface area (Å²) in [6.07, 6.45) is 2.71. The monoisotopic (exact) mass is 393 g/mol. The van der Waals surface area contributed by atoms with Crippen molar-refractivity contribution in [3.63, 3.8) is 0 Å². The molecular formula is C19H23NO4S2. The second kappa shape index (κ2) is 9.73. The van der Waals surface area contributed by atoms with Crippen LogP contribution in [0.2, 0.25) is 0 Å². The van der Waals surface area contributed by atoms with E-state index in [2.05, 4.69) is 6.92 Å². The summed E-state index contributed by atoms with van der Waals surface area (Å²) in [5, 5.41) is 0. The highest BCUT2D eigenvalue weighted by Crippen LogP contribution is 2.32. The van der Waals surface area contributed by atoms with Gasteiger partial charge in [-0.3, -0.25) is 14.5 Å². The van der Waals surface area contributed by atoms with Crippen LogP contribution in [0.5, 0.6) is 5.75 Å². The van der Waals surface area contributed by atoms with Crippen LogP contribution in [0.4, 0.5) is 0 Å². The molecule has 1 amide bonds. The number of hydrogen-bond donors (Lipinski definition) is 0. The Morgan fingerprint density at radius 1 is 1.31 bits per heavy atom. The summed E-state index contributed by atoms with van der Waals surface area (Å²) in [6, 6.07) is 7.50. The topological polar surface area (TPSA) is 55.8 Å². The first kappa shape index (κ1) is 20.5. The van der Waals surface area contributed by atoms with Crippen LogP contribution in [0.1, 0.15) is 32.8 Å². The van der Waals surface area contributed by atoms with E-state index in [1.54, 1.807) is 6.08 Å². The van der Waals surface area contributed by atoms with Gasteiger partial charge in [0.2, 0.25) is 0 Å². The van der Waals surface area contributed by atoms with Gasteiger partial charge in [-0.05, 0) is 36.1 Å². The lowest BCUT2D eigenvalue weighted by atomic mass is 10.2. The van der Waals surface area contributed by atoms with Crippen LogP contribution in [0.3, 0.4) is 0 Å². The molecule has 0 radical (unpaired) electrons. The van der Waals surface area contributed by atoms with Gasteiger partial charge in [-0.15, -0.1) is 0 Å². The van der Waals surface area contributed by atoms with Gasteiger partial charge in [-0.25, -0.2) is 0 Å².